The third kappa shape index (κ3) is 3.31. The molecule has 27 heavy (non-hydrogen) atoms. The van der Waals surface area contributed by atoms with Crippen LogP contribution in [0.25, 0.3) is 16.9 Å². The summed E-state index contributed by atoms with van der Waals surface area (Å²) in [6.45, 7) is 1.97. The van der Waals surface area contributed by atoms with Crippen molar-refractivity contribution in [1.82, 2.24) is 9.78 Å². The van der Waals surface area contributed by atoms with Gasteiger partial charge in [-0.25, -0.2) is 4.68 Å². The highest BCUT2D eigenvalue weighted by Gasteiger charge is 2.53. The Labute approximate surface area is 155 Å². The molecule has 1 heterocycles. The first-order valence-electron chi connectivity index (χ1n) is 8.70. The van der Waals surface area contributed by atoms with Crippen molar-refractivity contribution in [3.8, 4) is 16.9 Å². The van der Waals surface area contributed by atoms with Gasteiger partial charge < -0.3 is 5.32 Å². The lowest BCUT2D eigenvalue weighted by molar-refractivity contribution is -0.497. The summed E-state index contributed by atoms with van der Waals surface area (Å²) < 4.78 is 1.68. The van der Waals surface area contributed by atoms with E-state index in [1.165, 1.54) is 0 Å². The first-order valence-corrected chi connectivity index (χ1v) is 8.70. The Balaban J connectivity index is 1.71. The molecule has 2 unspecified atom stereocenters. The predicted molar refractivity (Wildman–Crippen MR) is 101 cm³/mol. The van der Waals surface area contributed by atoms with Gasteiger partial charge in [-0.15, -0.1) is 0 Å². The van der Waals surface area contributed by atoms with E-state index in [-0.39, 0.29) is 12.3 Å². The van der Waals surface area contributed by atoms with Crippen LogP contribution in [0.1, 0.15) is 12.0 Å². The highest BCUT2D eigenvalue weighted by molar-refractivity contribution is 5.94. The summed E-state index contributed by atoms with van der Waals surface area (Å²) in [5.74, 6) is -0.423. The van der Waals surface area contributed by atoms with Gasteiger partial charge in [0, 0.05) is 23.0 Å². The van der Waals surface area contributed by atoms with Crippen molar-refractivity contribution < 1.29 is 9.72 Å². The van der Waals surface area contributed by atoms with Gasteiger partial charge in [0.15, 0.2) is 0 Å². The van der Waals surface area contributed by atoms with Crippen LogP contribution in [-0.2, 0) is 4.79 Å². The monoisotopic (exact) mass is 362 g/mol. The summed E-state index contributed by atoms with van der Waals surface area (Å²) >= 11 is 0. The van der Waals surface area contributed by atoms with Crippen molar-refractivity contribution in [3.05, 3.63) is 76.3 Å². The standard InChI is InChI=1S/C20H18N4O3/c1-13-7-5-6-10-17(13)23-19(21-20(25)15-11-18(15)24(26)27)12-16(22-23)14-8-3-2-4-9-14/h2-10,12,15,18H,11H2,1H3,(H,21,25). The number of anilines is 1. The van der Waals surface area contributed by atoms with Gasteiger partial charge in [-0.1, -0.05) is 48.5 Å². The lowest BCUT2D eigenvalue weighted by atomic mass is 10.1. The molecular weight excluding hydrogens is 344 g/mol. The van der Waals surface area contributed by atoms with Crippen LogP contribution in [0.4, 0.5) is 5.82 Å². The molecule has 1 aliphatic rings. The van der Waals surface area contributed by atoms with Gasteiger partial charge in [0.2, 0.25) is 11.9 Å². The summed E-state index contributed by atoms with van der Waals surface area (Å²) in [6, 6.07) is 18.4. The molecule has 1 saturated carbocycles. The number of carbonyl (C=O) groups excluding carboxylic acids is 1. The summed E-state index contributed by atoms with van der Waals surface area (Å²) in [5, 5.41) is 18.4. The van der Waals surface area contributed by atoms with E-state index >= 15 is 0 Å². The van der Waals surface area contributed by atoms with Crippen LogP contribution in [0.5, 0.6) is 0 Å². The van der Waals surface area contributed by atoms with Crippen LogP contribution in [-0.4, -0.2) is 26.7 Å². The van der Waals surface area contributed by atoms with Crippen LogP contribution >= 0.6 is 0 Å². The summed E-state index contributed by atoms with van der Waals surface area (Å²) in [5.41, 5.74) is 3.49. The van der Waals surface area contributed by atoms with E-state index in [2.05, 4.69) is 10.4 Å². The van der Waals surface area contributed by atoms with E-state index in [1.54, 1.807) is 10.7 Å². The minimum atomic E-state index is -0.784. The Morgan fingerprint density at radius 3 is 2.56 bits per heavy atom. The maximum absolute atomic E-state index is 12.4. The van der Waals surface area contributed by atoms with Crippen molar-refractivity contribution in [2.75, 3.05) is 5.32 Å². The largest absolute Gasteiger partial charge is 0.310 e. The lowest BCUT2D eigenvalue weighted by Crippen LogP contribution is -2.20. The fourth-order valence-corrected chi connectivity index (χ4v) is 3.12. The zero-order valence-corrected chi connectivity index (χ0v) is 14.7. The number of hydrogen-bond acceptors (Lipinski definition) is 4. The molecule has 4 rings (SSSR count). The molecule has 1 aliphatic carbocycles. The number of hydrogen-bond donors (Lipinski definition) is 1. The number of nitrogens with one attached hydrogen (secondary N) is 1. The molecule has 1 amide bonds. The number of nitrogens with zero attached hydrogens (tertiary/aromatic N) is 3. The van der Waals surface area contributed by atoms with Crippen LogP contribution in [0.3, 0.4) is 0 Å². The normalized spacial score (nSPS) is 18.1. The molecule has 1 aromatic heterocycles. The Kier molecular flexibility index (Phi) is 4.19. The number of rotatable bonds is 5. The van der Waals surface area contributed by atoms with Crippen LogP contribution < -0.4 is 5.32 Å². The number of aryl methyl sites for hydroxylation is 1. The van der Waals surface area contributed by atoms with Gasteiger partial charge in [-0.3, -0.25) is 14.9 Å². The maximum Gasteiger partial charge on any atom is 0.235 e. The number of nitro groups is 1. The van der Waals surface area contributed by atoms with E-state index in [0.717, 1.165) is 22.5 Å². The summed E-state index contributed by atoms with van der Waals surface area (Å²) in [6.07, 6.45) is 0.281. The van der Waals surface area contributed by atoms with E-state index in [9.17, 15) is 14.9 Å². The van der Waals surface area contributed by atoms with E-state index < -0.39 is 16.9 Å². The van der Waals surface area contributed by atoms with Crippen molar-refractivity contribution in [3.63, 3.8) is 0 Å². The molecule has 0 spiro atoms. The molecule has 2 atom stereocenters. The highest BCUT2D eigenvalue weighted by atomic mass is 16.6. The topological polar surface area (TPSA) is 90.1 Å². The molecular formula is C20H18N4O3. The van der Waals surface area contributed by atoms with Crippen molar-refractivity contribution in [2.24, 2.45) is 5.92 Å². The molecule has 7 nitrogen and oxygen atoms in total. The Morgan fingerprint density at radius 1 is 1.19 bits per heavy atom. The van der Waals surface area contributed by atoms with Crippen LogP contribution in [0.2, 0.25) is 0 Å². The van der Waals surface area contributed by atoms with E-state index in [4.69, 9.17) is 0 Å². The van der Waals surface area contributed by atoms with Crippen LogP contribution in [0.15, 0.2) is 60.7 Å². The Hall–Kier alpha value is -3.48. The maximum atomic E-state index is 12.4. The van der Waals surface area contributed by atoms with Gasteiger partial charge in [0.1, 0.15) is 11.7 Å². The zero-order valence-electron chi connectivity index (χ0n) is 14.7. The lowest BCUT2D eigenvalue weighted by Gasteiger charge is -2.10. The summed E-state index contributed by atoms with van der Waals surface area (Å²) in [4.78, 5) is 22.9. The fourth-order valence-electron chi connectivity index (χ4n) is 3.12. The molecule has 0 radical (unpaired) electrons. The number of amides is 1. The molecule has 2 aromatic carbocycles. The minimum Gasteiger partial charge on any atom is -0.310 e. The second-order valence-corrected chi connectivity index (χ2v) is 6.66. The summed E-state index contributed by atoms with van der Waals surface area (Å²) in [7, 11) is 0. The van der Waals surface area contributed by atoms with Crippen molar-refractivity contribution in [2.45, 2.75) is 19.4 Å². The number of benzene rings is 2. The van der Waals surface area contributed by atoms with Gasteiger partial charge in [-0.2, -0.15) is 5.10 Å². The fraction of sp³-hybridized carbons (Fsp3) is 0.200. The number of aromatic nitrogens is 2. The molecule has 3 aromatic rings. The molecule has 136 valence electrons. The highest BCUT2D eigenvalue weighted by Crippen LogP contribution is 2.35. The first kappa shape index (κ1) is 17.0. The van der Waals surface area contributed by atoms with Gasteiger partial charge in [0.25, 0.3) is 0 Å². The van der Waals surface area contributed by atoms with Gasteiger partial charge >= 0.3 is 0 Å². The molecule has 7 heteroatoms. The van der Waals surface area contributed by atoms with E-state index in [1.807, 2.05) is 61.5 Å². The number of carbonyl (C=O) groups is 1. The van der Waals surface area contributed by atoms with Gasteiger partial charge in [-0.05, 0) is 18.6 Å². The second kappa shape index (κ2) is 6.68. The van der Waals surface area contributed by atoms with Crippen molar-refractivity contribution >= 4 is 11.7 Å². The smallest absolute Gasteiger partial charge is 0.235 e. The molecule has 0 saturated heterocycles. The Bertz CT molecular complexity index is 1010. The number of para-hydroxylation sites is 1. The molecule has 0 aliphatic heterocycles. The van der Waals surface area contributed by atoms with E-state index in [0.29, 0.717) is 5.82 Å². The average Bonchev–Trinajstić information content (AvgIpc) is 3.38. The third-order valence-corrected chi connectivity index (χ3v) is 4.74. The quantitative estimate of drug-likeness (QED) is 0.556. The van der Waals surface area contributed by atoms with Crippen molar-refractivity contribution in [1.29, 1.82) is 0 Å². The minimum absolute atomic E-state index is 0.281. The average molecular weight is 362 g/mol. The Morgan fingerprint density at radius 2 is 1.89 bits per heavy atom. The van der Waals surface area contributed by atoms with Crippen LogP contribution in [0, 0.1) is 23.0 Å². The second-order valence-electron chi connectivity index (χ2n) is 6.66. The molecule has 1 fully saturated rings. The molecule has 1 N–H and O–H groups in total. The molecule has 0 bridgehead atoms. The first-order chi connectivity index (χ1) is 13.0. The third-order valence-electron chi connectivity index (χ3n) is 4.74. The van der Waals surface area contributed by atoms with Gasteiger partial charge in [0.05, 0.1) is 11.4 Å². The zero-order chi connectivity index (χ0) is 19.0. The SMILES string of the molecule is Cc1ccccc1-n1nc(-c2ccccc2)cc1NC(=O)C1CC1[N+](=O)[O-]. The predicted octanol–water partition coefficient (Wildman–Crippen LogP) is 3.45.